The highest BCUT2D eigenvalue weighted by Crippen LogP contribution is 2.50. The van der Waals surface area contributed by atoms with Crippen LogP contribution in [0.5, 0.6) is 0 Å². The topological polar surface area (TPSA) is 72.5 Å². The number of amides is 1. The molecule has 1 fully saturated rings. The van der Waals surface area contributed by atoms with Gasteiger partial charge in [-0.25, -0.2) is 13.2 Å². The third-order valence-corrected chi connectivity index (χ3v) is 4.04. The lowest BCUT2D eigenvalue weighted by Crippen LogP contribution is -2.34. The maximum Gasteiger partial charge on any atom is 0.407 e. The van der Waals surface area contributed by atoms with Gasteiger partial charge in [-0.3, -0.25) is 0 Å². The van der Waals surface area contributed by atoms with E-state index in [2.05, 4.69) is 5.32 Å². The van der Waals surface area contributed by atoms with E-state index in [9.17, 15) is 13.2 Å². The molecule has 1 N–H and O–H groups in total. The smallest absolute Gasteiger partial charge is 0.407 e. The molecule has 1 amide bonds. The first-order chi connectivity index (χ1) is 8.02. The van der Waals surface area contributed by atoms with Gasteiger partial charge >= 0.3 is 6.09 Å². The highest BCUT2D eigenvalue weighted by atomic mass is 35.7. The van der Waals surface area contributed by atoms with Gasteiger partial charge in [0.25, 0.3) is 0 Å². The number of carbonyl (C=O) groups is 1. The van der Waals surface area contributed by atoms with Gasteiger partial charge in [0, 0.05) is 17.2 Å². The highest BCUT2D eigenvalue weighted by molar-refractivity contribution is 8.13. The van der Waals surface area contributed by atoms with Crippen molar-refractivity contribution in [3.05, 3.63) is 0 Å². The summed E-state index contributed by atoms with van der Waals surface area (Å²) in [5.74, 6) is -0.0163. The molecule has 1 aliphatic carbocycles. The normalized spacial score (nSPS) is 18.2. The fourth-order valence-corrected chi connectivity index (χ4v) is 3.61. The first kappa shape index (κ1) is 15.6. The standard InChI is InChI=1S/C11H20ClNO4S/c1-10(2,3)17-9(14)13-7-6-11(4-5-11)8-18(12,15)16/h4-8H2,1-3H3,(H,13,14). The van der Waals surface area contributed by atoms with Crippen LogP contribution in [0, 0.1) is 5.41 Å². The number of halogens is 1. The Labute approximate surface area is 113 Å². The Morgan fingerprint density at radius 2 is 1.94 bits per heavy atom. The number of nitrogens with one attached hydrogen (secondary N) is 1. The van der Waals surface area contributed by atoms with Gasteiger partial charge < -0.3 is 10.1 Å². The fraction of sp³-hybridized carbons (Fsp3) is 0.909. The molecule has 1 saturated carbocycles. The molecule has 5 nitrogen and oxygen atoms in total. The van der Waals surface area contributed by atoms with E-state index < -0.39 is 20.7 Å². The van der Waals surface area contributed by atoms with Crippen LogP contribution in [-0.4, -0.2) is 32.4 Å². The van der Waals surface area contributed by atoms with Gasteiger partial charge in [-0.2, -0.15) is 0 Å². The minimum absolute atomic E-state index is 0.0163. The zero-order valence-electron chi connectivity index (χ0n) is 11.0. The van der Waals surface area contributed by atoms with Gasteiger partial charge in [0.1, 0.15) is 5.60 Å². The summed E-state index contributed by atoms with van der Waals surface area (Å²) in [5.41, 5.74) is -0.767. The van der Waals surface area contributed by atoms with E-state index in [0.29, 0.717) is 13.0 Å². The first-order valence-electron chi connectivity index (χ1n) is 5.91. The number of ether oxygens (including phenoxy) is 1. The first-order valence-corrected chi connectivity index (χ1v) is 8.38. The van der Waals surface area contributed by atoms with Crippen LogP contribution in [0.3, 0.4) is 0 Å². The Morgan fingerprint density at radius 1 is 1.39 bits per heavy atom. The monoisotopic (exact) mass is 297 g/mol. The molecule has 0 saturated heterocycles. The molecule has 0 heterocycles. The summed E-state index contributed by atoms with van der Waals surface area (Å²) in [4.78, 5) is 11.4. The largest absolute Gasteiger partial charge is 0.444 e. The Hall–Kier alpha value is -0.490. The summed E-state index contributed by atoms with van der Waals surface area (Å²) in [5, 5.41) is 2.62. The van der Waals surface area contributed by atoms with Crippen molar-refractivity contribution < 1.29 is 17.9 Å². The Bertz CT molecular complexity index is 409. The van der Waals surface area contributed by atoms with E-state index in [1.54, 1.807) is 20.8 Å². The summed E-state index contributed by atoms with van der Waals surface area (Å²) in [6, 6.07) is 0. The van der Waals surface area contributed by atoms with Crippen LogP contribution in [-0.2, 0) is 13.8 Å². The van der Waals surface area contributed by atoms with E-state index in [0.717, 1.165) is 12.8 Å². The average Bonchev–Trinajstić information content (AvgIpc) is 2.77. The number of rotatable bonds is 5. The summed E-state index contributed by atoms with van der Waals surface area (Å²) in [6.45, 7) is 5.76. The molecule has 0 spiro atoms. The lowest BCUT2D eigenvalue weighted by molar-refractivity contribution is 0.0525. The van der Waals surface area contributed by atoms with E-state index in [1.165, 1.54) is 0 Å². The second-order valence-electron chi connectivity index (χ2n) is 5.86. The average molecular weight is 298 g/mol. The van der Waals surface area contributed by atoms with Crippen LogP contribution in [0.15, 0.2) is 0 Å². The van der Waals surface area contributed by atoms with Gasteiger partial charge in [0.05, 0.1) is 5.75 Å². The number of carbonyl (C=O) groups excluding carboxylic acids is 1. The quantitative estimate of drug-likeness (QED) is 0.790. The lowest BCUT2D eigenvalue weighted by Gasteiger charge is -2.20. The van der Waals surface area contributed by atoms with E-state index in [-0.39, 0.29) is 11.2 Å². The maximum absolute atomic E-state index is 11.4. The summed E-state index contributed by atoms with van der Waals surface area (Å²) < 4.78 is 27.1. The van der Waals surface area contributed by atoms with Crippen LogP contribution < -0.4 is 5.32 Å². The zero-order valence-corrected chi connectivity index (χ0v) is 12.5. The van der Waals surface area contributed by atoms with Crippen molar-refractivity contribution in [2.24, 2.45) is 5.41 Å². The molecule has 1 rings (SSSR count). The molecular formula is C11H20ClNO4S. The van der Waals surface area contributed by atoms with Crippen LogP contribution in [0.1, 0.15) is 40.0 Å². The van der Waals surface area contributed by atoms with Crippen molar-refractivity contribution in [2.75, 3.05) is 12.3 Å². The number of hydrogen-bond donors (Lipinski definition) is 1. The van der Waals surface area contributed by atoms with Crippen molar-refractivity contribution in [3.8, 4) is 0 Å². The van der Waals surface area contributed by atoms with Gasteiger partial charge in [-0.1, -0.05) is 0 Å². The van der Waals surface area contributed by atoms with Crippen molar-refractivity contribution in [2.45, 2.75) is 45.6 Å². The van der Waals surface area contributed by atoms with Crippen LogP contribution in [0.4, 0.5) is 4.79 Å². The van der Waals surface area contributed by atoms with E-state index in [1.807, 2.05) is 0 Å². The number of alkyl carbamates (subject to hydrolysis) is 1. The third kappa shape index (κ3) is 6.44. The predicted octanol–water partition coefficient (Wildman–Crippen LogP) is 2.25. The minimum Gasteiger partial charge on any atom is -0.444 e. The van der Waals surface area contributed by atoms with Crippen molar-refractivity contribution in [1.82, 2.24) is 5.32 Å². The Morgan fingerprint density at radius 3 is 2.33 bits per heavy atom. The Kier molecular flexibility index (Phi) is 4.54. The molecule has 0 aliphatic heterocycles. The molecule has 0 aromatic carbocycles. The van der Waals surface area contributed by atoms with Gasteiger partial charge in [-0.15, -0.1) is 0 Å². The van der Waals surface area contributed by atoms with Crippen LogP contribution >= 0.6 is 10.7 Å². The minimum atomic E-state index is -3.47. The second kappa shape index (κ2) is 5.25. The predicted molar refractivity (Wildman–Crippen MR) is 70.2 cm³/mol. The van der Waals surface area contributed by atoms with E-state index >= 15 is 0 Å². The molecule has 0 aromatic heterocycles. The number of hydrogen-bond acceptors (Lipinski definition) is 4. The van der Waals surface area contributed by atoms with Crippen molar-refractivity contribution >= 4 is 25.8 Å². The molecule has 0 aromatic rings. The Balaban J connectivity index is 2.28. The summed E-state index contributed by atoms with van der Waals surface area (Å²) in [7, 11) is 1.78. The van der Waals surface area contributed by atoms with Crippen molar-refractivity contribution in [1.29, 1.82) is 0 Å². The molecule has 0 radical (unpaired) electrons. The molecule has 0 atom stereocenters. The highest BCUT2D eigenvalue weighted by Gasteiger charge is 2.45. The van der Waals surface area contributed by atoms with Gasteiger partial charge in [0.2, 0.25) is 9.05 Å². The van der Waals surface area contributed by atoms with Crippen LogP contribution in [0.25, 0.3) is 0 Å². The summed E-state index contributed by atoms with van der Waals surface area (Å²) >= 11 is 0. The molecule has 1 aliphatic rings. The molecule has 0 bridgehead atoms. The van der Waals surface area contributed by atoms with Gasteiger partial charge in [0.15, 0.2) is 0 Å². The lowest BCUT2D eigenvalue weighted by atomic mass is 10.1. The summed E-state index contributed by atoms with van der Waals surface area (Å²) in [6.07, 6.45) is 1.81. The molecule has 7 heteroatoms. The molecule has 106 valence electrons. The van der Waals surface area contributed by atoms with Crippen molar-refractivity contribution in [3.63, 3.8) is 0 Å². The third-order valence-electron chi connectivity index (χ3n) is 2.76. The SMILES string of the molecule is CC(C)(C)OC(=O)NCCC1(CS(=O)(=O)Cl)CC1. The molecular weight excluding hydrogens is 278 g/mol. The van der Waals surface area contributed by atoms with Gasteiger partial charge in [-0.05, 0) is 45.4 Å². The second-order valence-corrected chi connectivity index (χ2v) is 8.64. The van der Waals surface area contributed by atoms with E-state index in [4.69, 9.17) is 15.4 Å². The fourth-order valence-electron chi connectivity index (χ4n) is 1.75. The zero-order chi connectivity index (χ0) is 14.0. The maximum atomic E-state index is 11.4. The van der Waals surface area contributed by atoms with Crippen LogP contribution in [0.2, 0.25) is 0 Å². The molecule has 18 heavy (non-hydrogen) atoms. The molecule has 0 unspecified atom stereocenters.